The van der Waals surface area contributed by atoms with Crippen molar-refractivity contribution >= 4 is 50.1 Å². The fourth-order valence-electron chi connectivity index (χ4n) is 3.48. The Kier molecular flexibility index (Phi) is 6.20. The molecule has 1 atom stereocenters. The number of thioether (sulfide) groups is 1. The van der Waals surface area contributed by atoms with Gasteiger partial charge in [0.2, 0.25) is 10.0 Å². The molecule has 1 fully saturated rings. The summed E-state index contributed by atoms with van der Waals surface area (Å²) in [4.78, 5) is 19.8. The molecule has 2 aliphatic heterocycles. The Balaban J connectivity index is 1.71. The number of amidine groups is 1. The van der Waals surface area contributed by atoms with Gasteiger partial charge in [-0.3, -0.25) is 14.7 Å². The summed E-state index contributed by atoms with van der Waals surface area (Å²) in [5.41, 5.74) is 0.936. The Hall–Kier alpha value is -1.87. The molecule has 0 bridgehead atoms. The molecule has 0 spiro atoms. The van der Waals surface area contributed by atoms with E-state index in [9.17, 15) is 13.2 Å². The van der Waals surface area contributed by atoms with Crippen molar-refractivity contribution in [1.29, 1.82) is 0 Å². The first-order valence-corrected chi connectivity index (χ1v) is 12.6. The summed E-state index contributed by atoms with van der Waals surface area (Å²) in [6, 6.07) is 13.3. The van der Waals surface area contributed by atoms with Gasteiger partial charge < -0.3 is 0 Å². The van der Waals surface area contributed by atoms with Gasteiger partial charge in [0.05, 0.1) is 16.6 Å². The van der Waals surface area contributed by atoms with Crippen LogP contribution in [0.1, 0.15) is 30.1 Å². The van der Waals surface area contributed by atoms with E-state index in [0.29, 0.717) is 34.5 Å². The molecule has 2 aliphatic rings. The number of aliphatic imine (C=N–C) groups is 1. The van der Waals surface area contributed by atoms with Crippen molar-refractivity contribution in [2.75, 3.05) is 23.7 Å². The van der Waals surface area contributed by atoms with Crippen molar-refractivity contribution in [2.45, 2.75) is 30.7 Å². The van der Waals surface area contributed by atoms with Crippen LogP contribution in [0.4, 0.5) is 5.69 Å². The second-order valence-electron chi connectivity index (χ2n) is 7.33. The maximum absolute atomic E-state index is 13.5. The molecule has 1 unspecified atom stereocenters. The third-order valence-corrected chi connectivity index (χ3v) is 8.39. The van der Waals surface area contributed by atoms with Crippen molar-refractivity contribution < 1.29 is 13.2 Å². The number of sulfonamides is 1. The Morgan fingerprint density at radius 1 is 1.17 bits per heavy atom. The lowest BCUT2D eigenvalue weighted by atomic mass is 10.2. The molecule has 30 heavy (non-hydrogen) atoms. The third-order valence-electron chi connectivity index (χ3n) is 5.05. The van der Waals surface area contributed by atoms with Gasteiger partial charge in [-0.1, -0.05) is 29.4 Å². The molecule has 2 heterocycles. The standard InChI is InChI=1S/C21H22ClN3O3S2/c1-15-14-29-21(23-15)25(18-9-7-17(22)8-10-18)20(26)16-5-4-6-19(13-16)30(27,28)24-11-2-3-12-24/h4-10,13,15H,2-3,11-12,14H2,1H3. The Morgan fingerprint density at radius 3 is 2.50 bits per heavy atom. The van der Waals surface area contributed by atoms with Gasteiger partial charge >= 0.3 is 0 Å². The van der Waals surface area contributed by atoms with Crippen LogP contribution in [0.5, 0.6) is 0 Å². The second kappa shape index (κ2) is 8.70. The van der Waals surface area contributed by atoms with E-state index in [1.165, 1.54) is 27.0 Å². The van der Waals surface area contributed by atoms with Crippen LogP contribution in [-0.4, -0.2) is 48.7 Å². The lowest BCUT2D eigenvalue weighted by molar-refractivity contribution is 0.100. The van der Waals surface area contributed by atoms with Gasteiger partial charge in [-0.05, 0) is 62.2 Å². The van der Waals surface area contributed by atoms with Crippen molar-refractivity contribution in [1.82, 2.24) is 4.31 Å². The molecule has 6 nitrogen and oxygen atoms in total. The predicted molar refractivity (Wildman–Crippen MR) is 122 cm³/mol. The number of carbonyl (C=O) groups is 1. The fourth-order valence-corrected chi connectivity index (χ4v) is 6.21. The average molecular weight is 464 g/mol. The summed E-state index contributed by atoms with van der Waals surface area (Å²) in [5.74, 6) is 0.465. The molecule has 1 saturated heterocycles. The van der Waals surface area contributed by atoms with Gasteiger partial charge in [0.25, 0.3) is 5.91 Å². The van der Waals surface area contributed by atoms with E-state index in [-0.39, 0.29) is 16.8 Å². The van der Waals surface area contributed by atoms with Gasteiger partial charge in [0.15, 0.2) is 5.17 Å². The van der Waals surface area contributed by atoms with E-state index in [4.69, 9.17) is 11.6 Å². The smallest absolute Gasteiger partial charge is 0.264 e. The highest BCUT2D eigenvalue weighted by atomic mass is 35.5. The summed E-state index contributed by atoms with van der Waals surface area (Å²) in [6.45, 7) is 3.03. The second-order valence-corrected chi connectivity index (χ2v) is 10.7. The minimum atomic E-state index is -3.61. The molecule has 4 rings (SSSR count). The Morgan fingerprint density at radius 2 is 1.87 bits per heavy atom. The quantitative estimate of drug-likeness (QED) is 0.679. The van der Waals surface area contributed by atoms with Gasteiger partial charge in [0, 0.05) is 29.4 Å². The number of hydrogen-bond acceptors (Lipinski definition) is 5. The number of anilines is 1. The molecule has 0 saturated carbocycles. The number of hydrogen-bond donors (Lipinski definition) is 0. The monoisotopic (exact) mass is 463 g/mol. The van der Waals surface area contributed by atoms with Crippen LogP contribution < -0.4 is 4.90 Å². The number of halogens is 1. The Bertz CT molecular complexity index is 1080. The summed E-state index contributed by atoms with van der Waals surface area (Å²) < 4.78 is 27.4. The summed E-state index contributed by atoms with van der Waals surface area (Å²) in [6.07, 6.45) is 1.72. The van der Waals surface area contributed by atoms with Crippen LogP contribution in [-0.2, 0) is 10.0 Å². The maximum atomic E-state index is 13.5. The number of amides is 1. The fraction of sp³-hybridized carbons (Fsp3) is 0.333. The van der Waals surface area contributed by atoms with Gasteiger partial charge in [-0.2, -0.15) is 4.31 Å². The zero-order valence-electron chi connectivity index (χ0n) is 16.5. The van der Waals surface area contributed by atoms with Gasteiger partial charge in [0.1, 0.15) is 0 Å². The van der Waals surface area contributed by atoms with Gasteiger partial charge in [-0.25, -0.2) is 8.42 Å². The average Bonchev–Trinajstić information content (AvgIpc) is 3.42. The first-order chi connectivity index (χ1) is 14.4. The molecule has 0 N–H and O–H groups in total. The predicted octanol–water partition coefficient (Wildman–Crippen LogP) is 4.26. The molecule has 1 amide bonds. The summed E-state index contributed by atoms with van der Waals surface area (Å²) >= 11 is 7.53. The summed E-state index contributed by atoms with van der Waals surface area (Å²) in [7, 11) is -3.61. The molecule has 0 aromatic heterocycles. The van der Waals surface area contributed by atoms with E-state index in [1.54, 1.807) is 42.5 Å². The number of carbonyl (C=O) groups excluding carboxylic acids is 1. The van der Waals surface area contributed by atoms with Crippen LogP contribution >= 0.6 is 23.4 Å². The van der Waals surface area contributed by atoms with Gasteiger partial charge in [-0.15, -0.1) is 0 Å². The van der Waals surface area contributed by atoms with Crippen LogP contribution in [0, 0.1) is 0 Å². The minimum Gasteiger partial charge on any atom is -0.268 e. The minimum absolute atomic E-state index is 0.106. The molecular formula is C21H22ClN3O3S2. The molecule has 0 radical (unpaired) electrons. The zero-order chi connectivity index (χ0) is 21.3. The molecule has 0 aliphatic carbocycles. The normalized spacial score (nSPS) is 19.7. The first kappa shape index (κ1) is 21.4. The summed E-state index contributed by atoms with van der Waals surface area (Å²) in [5, 5.41) is 1.17. The number of rotatable bonds is 4. The lowest BCUT2D eigenvalue weighted by Gasteiger charge is -2.23. The molecule has 158 valence electrons. The molecule has 2 aromatic carbocycles. The van der Waals surface area contributed by atoms with E-state index in [0.717, 1.165) is 18.6 Å². The Labute approximate surface area is 186 Å². The van der Waals surface area contributed by atoms with Crippen LogP contribution in [0.25, 0.3) is 0 Å². The number of nitrogens with zero attached hydrogens (tertiary/aromatic N) is 3. The topological polar surface area (TPSA) is 70.1 Å². The maximum Gasteiger partial charge on any atom is 0.264 e. The molecular weight excluding hydrogens is 442 g/mol. The van der Waals surface area contributed by atoms with E-state index in [2.05, 4.69) is 4.99 Å². The van der Waals surface area contributed by atoms with Crippen molar-refractivity contribution in [3.05, 3.63) is 59.1 Å². The van der Waals surface area contributed by atoms with Crippen LogP contribution in [0.2, 0.25) is 5.02 Å². The van der Waals surface area contributed by atoms with Crippen LogP contribution in [0.3, 0.4) is 0 Å². The van der Waals surface area contributed by atoms with E-state index in [1.807, 2.05) is 6.92 Å². The van der Waals surface area contributed by atoms with E-state index >= 15 is 0 Å². The highest BCUT2D eigenvalue weighted by Crippen LogP contribution is 2.29. The van der Waals surface area contributed by atoms with Crippen molar-refractivity contribution in [3.8, 4) is 0 Å². The SMILES string of the molecule is CC1CSC(N(C(=O)c2cccc(S(=O)(=O)N3CCCC3)c2)c2ccc(Cl)cc2)=N1. The first-order valence-electron chi connectivity index (χ1n) is 9.77. The highest BCUT2D eigenvalue weighted by molar-refractivity contribution is 8.14. The molecule has 9 heteroatoms. The van der Waals surface area contributed by atoms with Crippen molar-refractivity contribution in [2.24, 2.45) is 4.99 Å². The van der Waals surface area contributed by atoms with E-state index < -0.39 is 10.0 Å². The highest BCUT2D eigenvalue weighted by Gasteiger charge is 2.30. The largest absolute Gasteiger partial charge is 0.268 e. The third kappa shape index (κ3) is 4.27. The van der Waals surface area contributed by atoms with Crippen LogP contribution in [0.15, 0.2) is 58.4 Å². The van der Waals surface area contributed by atoms with Crippen molar-refractivity contribution in [3.63, 3.8) is 0 Å². The zero-order valence-corrected chi connectivity index (χ0v) is 18.9. The lowest BCUT2D eigenvalue weighted by Crippen LogP contribution is -2.35. The number of benzene rings is 2. The molecule has 2 aromatic rings.